The third-order valence-electron chi connectivity index (χ3n) is 4.94. The molecule has 0 fully saturated rings. The maximum absolute atomic E-state index is 12.3. The van der Waals surface area contributed by atoms with E-state index in [1.54, 1.807) is 38.1 Å². The van der Waals surface area contributed by atoms with E-state index >= 15 is 0 Å². The van der Waals surface area contributed by atoms with E-state index in [1.165, 1.54) is 0 Å². The number of nitriles is 2. The van der Waals surface area contributed by atoms with Gasteiger partial charge in [-0.15, -0.1) is 0 Å². The fourth-order valence-corrected chi connectivity index (χ4v) is 3.60. The Bertz CT molecular complexity index is 886. The van der Waals surface area contributed by atoms with Gasteiger partial charge in [0.25, 0.3) is 0 Å². The number of hydrogen-bond donors (Lipinski definition) is 0. The normalized spacial score (nSPS) is 15.0. The molecule has 26 heavy (non-hydrogen) atoms. The third kappa shape index (κ3) is 2.61. The quantitative estimate of drug-likeness (QED) is 0.777. The molecule has 0 radical (unpaired) electrons. The number of aldehydes is 2. The molecule has 0 amide bonds. The van der Waals surface area contributed by atoms with Crippen LogP contribution in [0.3, 0.4) is 0 Å². The zero-order valence-electron chi connectivity index (χ0n) is 15.3. The van der Waals surface area contributed by atoms with Gasteiger partial charge in [0.05, 0.1) is 12.1 Å². The molecule has 0 aliphatic carbocycles. The lowest BCUT2D eigenvalue weighted by Gasteiger charge is -2.36. The van der Waals surface area contributed by atoms with Crippen LogP contribution in [-0.4, -0.2) is 12.6 Å². The summed E-state index contributed by atoms with van der Waals surface area (Å²) in [5, 5.41) is 20.1. The molecule has 0 saturated carbocycles. The number of carbonyl (C=O) groups excluding carboxylic acids is 2. The Labute approximate surface area is 153 Å². The van der Waals surface area contributed by atoms with Crippen LogP contribution in [0.1, 0.15) is 33.4 Å². The lowest BCUT2D eigenvalue weighted by Crippen LogP contribution is -2.51. The van der Waals surface area contributed by atoms with Gasteiger partial charge in [0.1, 0.15) is 12.6 Å². The minimum atomic E-state index is -1.94. The summed E-state index contributed by atoms with van der Waals surface area (Å²) in [6.45, 7) is 7.33. The van der Waals surface area contributed by atoms with Crippen LogP contribution >= 0.6 is 0 Å². The van der Waals surface area contributed by atoms with Gasteiger partial charge in [-0.05, 0) is 49.9 Å². The van der Waals surface area contributed by atoms with Crippen molar-refractivity contribution in [3.63, 3.8) is 0 Å². The van der Waals surface area contributed by atoms with E-state index in [9.17, 15) is 20.1 Å². The first-order chi connectivity index (χ1) is 12.3. The molecule has 0 bridgehead atoms. The van der Waals surface area contributed by atoms with Crippen LogP contribution in [-0.2, 0) is 20.4 Å². The molecule has 0 aromatic heterocycles. The number of rotatable bonds is 5. The van der Waals surface area contributed by atoms with Crippen molar-refractivity contribution in [2.45, 2.75) is 38.5 Å². The predicted octanol–water partition coefficient (Wildman–Crippen LogP) is 3.54. The van der Waals surface area contributed by atoms with Gasteiger partial charge in [-0.1, -0.05) is 47.5 Å². The summed E-state index contributed by atoms with van der Waals surface area (Å²) in [7, 11) is 0. The van der Waals surface area contributed by atoms with E-state index in [4.69, 9.17) is 0 Å². The molecular formula is C22H20N2O2. The number of aryl methyl sites for hydroxylation is 4. The molecule has 2 aromatic rings. The van der Waals surface area contributed by atoms with Crippen LogP contribution < -0.4 is 0 Å². The Morgan fingerprint density at radius 3 is 1.31 bits per heavy atom. The van der Waals surface area contributed by atoms with Crippen molar-refractivity contribution in [1.29, 1.82) is 10.5 Å². The number of benzene rings is 2. The summed E-state index contributed by atoms with van der Waals surface area (Å²) in [5.41, 5.74) is 0.148. The van der Waals surface area contributed by atoms with Gasteiger partial charge in [-0.25, -0.2) is 0 Å². The van der Waals surface area contributed by atoms with Crippen LogP contribution in [0.15, 0.2) is 36.4 Å². The van der Waals surface area contributed by atoms with Gasteiger partial charge in [0.2, 0.25) is 0 Å². The first-order valence-electron chi connectivity index (χ1n) is 8.22. The lowest BCUT2D eigenvalue weighted by molar-refractivity contribution is -0.119. The second kappa shape index (κ2) is 6.94. The van der Waals surface area contributed by atoms with Crippen molar-refractivity contribution in [2.75, 3.05) is 0 Å². The summed E-state index contributed by atoms with van der Waals surface area (Å²) in [6, 6.07) is 14.5. The number of nitrogens with zero attached hydrogens (tertiary/aromatic N) is 2. The second-order valence-electron chi connectivity index (χ2n) is 6.71. The highest BCUT2D eigenvalue weighted by molar-refractivity contribution is 5.91. The Morgan fingerprint density at radius 1 is 0.731 bits per heavy atom. The zero-order valence-corrected chi connectivity index (χ0v) is 15.3. The molecule has 0 aliphatic rings. The van der Waals surface area contributed by atoms with Gasteiger partial charge in [0.15, 0.2) is 10.8 Å². The van der Waals surface area contributed by atoms with Crippen LogP contribution in [0.2, 0.25) is 0 Å². The predicted molar refractivity (Wildman–Crippen MR) is 98.5 cm³/mol. The summed E-state index contributed by atoms with van der Waals surface area (Å²) >= 11 is 0. The SMILES string of the molecule is Cc1ccc(C(C#N)(C=O)C(C#N)(C=O)c2ccc(C)cc2C)c(C)c1. The first kappa shape index (κ1) is 19.1. The molecule has 0 heterocycles. The number of hydrogen-bond acceptors (Lipinski definition) is 4. The second-order valence-corrected chi connectivity index (χ2v) is 6.71. The van der Waals surface area contributed by atoms with Crippen molar-refractivity contribution >= 4 is 12.6 Å². The largest absolute Gasteiger partial charge is 0.301 e. The first-order valence-corrected chi connectivity index (χ1v) is 8.22. The highest BCUT2D eigenvalue weighted by Crippen LogP contribution is 2.44. The summed E-state index contributed by atoms with van der Waals surface area (Å²) in [6.07, 6.45) is 0.864. The average Bonchev–Trinajstić information content (AvgIpc) is 2.61. The van der Waals surface area contributed by atoms with E-state index < -0.39 is 10.8 Å². The molecule has 0 N–H and O–H groups in total. The standard InChI is InChI=1S/C22H20N2O2/c1-15-5-7-19(17(3)9-15)21(11-23,13-25)22(12-24,14-26)20-8-6-16(2)10-18(20)4/h5-10,13-14H,1-4H3. The van der Waals surface area contributed by atoms with Crippen LogP contribution in [0, 0.1) is 50.4 Å². The van der Waals surface area contributed by atoms with Gasteiger partial charge in [-0.2, -0.15) is 10.5 Å². The minimum Gasteiger partial charge on any atom is -0.301 e. The molecule has 2 unspecified atom stereocenters. The van der Waals surface area contributed by atoms with E-state index in [-0.39, 0.29) is 0 Å². The maximum Gasteiger partial charge on any atom is 0.167 e. The molecule has 2 aromatic carbocycles. The Morgan fingerprint density at radius 2 is 1.08 bits per heavy atom. The Balaban J connectivity index is 2.96. The van der Waals surface area contributed by atoms with Crippen molar-refractivity contribution in [3.8, 4) is 12.1 Å². The van der Waals surface area contributed by atoms with E-state index in [2.05, 4.69) is 0 Å². The molecule has 130 valence electrons. The van der Waals surface area contributed by atoms with E-state index in [0.717, 1.165) is 11.1 Å². The fraction of sp³-hybridized carbons (Fsp3) is 0.273. The molecular weight excluding hydrogens is 324 g/mol. The molecule has 4 heteroatoms. The molecule has 2 rings (SSSR count). The Hall–Kier alpha value is -3.24. The third-order valence-corrected chi connectivity index (χ3v) is 4.94. The van der Waals surface area contributed by atoms with Crippen LogP contribution in [0.4, 0.5) is 0 Å². The van der Waals surface area contributed by atoms with Crippen LogP contribution in [0.5, 0.6) is 0 Å². The zero-order chi connectivity index (χ0) is 19.5. The summed E-state index contributed by atoms with van der Waals surface area (Å²) < 4.78 is 0. The molecule has 0 spiro atoms. The maximum atomic E-state index is 12.3. The van der Waals surface area contributed by atoms with Crippen molar-refractivity contribution in [2.24, 2.45) is 0 Å². The van der Waals surface area contributed by atoms with Crippen molar-refractivity contribution in [3.05, 3.63) is 69.8 Å². The Kier molecular flexibility index (Phi) is 5.10. The smallest absolute Gasteiger partial charge is 0.167 e. The highest BCUT2D eigenvalue weighted by atomic mass is 16.1. The molecule has 0 saturated heterocycles. The minimum absolute atomic E-state index is 0.370. The lowest BCUT2D eigenvalue weighted by atomic mass is 9.58. The highest BCUT2D eigenvalue weighted by Gasteiger charge is 2.57. The molecule has 2 atom stereocenters. The summed E-state index contributed by atoms with van der Waals surface area (Å²) in [4.78, 5) is 24.6. The average molecular weight is 344 g/mol. The van der Waals surface area contributed by atoms with Gasteiger partial charge >= 0.3 is 0 Å². The van der Waals surface area contributed by atoms with Gasteiger partial charge in [0, 0.05) is 0 Å². The van der Waals surface area contributed by atoms with Gasteiger partial charge in [-0.3, -0.25) is 0 Å². The number of carbonyl (C=O) groups is 2. The van der Waals surface area contributed by atoms with Crippen molar-refractivity contribution < 1.29 is 9.59 Å². The van der Waals surface area contributed by atoms with E-state index in [1.807, 2.05) is 38.1 Å². The monoisotopic (exact) mass is 344 g/mol. The molecule has 0 aliphatic heterocycles. The van der Waals surface area contributed by atoms with Crippen molar-refractivity contribution in [1.82, 2.24) is 0 Å². The summed E-state index contributed by atoms with van der Waals surface area (Å²) in [5.74, 6) is 0. The van der Waals surface area contributed by atoms with Crippen LogP contribution in [0.25, 0.3) is 0 Å². The molecule has 4 nitrogen and oxygen atoms in total. The van der Waals surface area contributed by atoms with E-state index in [0.29, 0.717) is 34.8 Å². The topological polar surface area (TPSA) is 81.7 Å². The van der Waals surface area contributed by atoms with Gasteiger partial charge < -0.3 is 9.59 Å². The fourth-order valence-electron chi connectivity index (χ4n) is 3.60.